The van der Waals surface area contributed by atoms with Crippen LogP contribution in [0.3, 0.4) is 0 Å². The number of hydrogen-bond donors (Lipinski definition) is 4. The van der Waals surface area contributed by atoms with Crippen molar-refractivity contribution < 1.29 is 28.6 Å². The van der Waals surface area contributed by atoms with Crippen molar-refractivity contribution in [1.29, 1.82) is 0 Å². The van der Waals surface area contributed by atoms with E-state index in [1.807, 2.05) is 53.8 Å². The Kier molecular flexibility index (Phi) is 10.1. The summed E-state index contributed by atoms with van der Waals surface area (Å²) in [6, 6.07) is 12.7. The zero-order chi connectivity index (χ0) is 41.2. The van der Waals surface area contributed by atoms with Crippen LogP contribution in [0.2, 0.25) is 5.02 Å². The van der Waals surface area contributed by atoms with Gasteiger partial charge in [0.05, 0.1) is 33.4 Å². The van der Waals surface area contributed by atoms with Crippen LogP contribution in [0, 0.1) is 17.8 Å². The molecule has 1 amide bonds. The number of imidazole rings is 1. The van der Waals surface area contributed by atoms with Gasteiger partial charge >= 0.3 is 5.97 Å². The van der Waals surface area contributed by atoms with E-state index < -0.39 is 23.6 Å². The molecule has 2 bridgehead atoms. The normalized spacial score (nSPS) is 21.9. The number of carbonyl (C=O) groups excluding carboxylic acids is 1. The fraction of sp³-hybridized carbons (Fsp3) is 0.442. The molecule has 1 saturated heterocycles. The fourth-order valence-electron chi connectivity index (χ4n) is 9.81. The third-order valence-corrected chi connectivity index (χ3v) is 13.6. The third-order valence-electron chi connectivity index (χ3n) is 13.2. The predicted molar refractivity (Wildman–Crippen MR) is 219 cm³/mol. The third kappa shape index (κ3) is 7.32. The van der Waals surface area contributed by atoms with Crippen LogP contribution in [0.25, 0.3) is 22.2 Å². The van der Waals surface area contributed by atoms with Gasteiger partial charge in [-0.15, -0.1) is 0 Å². The molecular weight excluding hydrogens is 780 g/mol. The van der Waals surface area contributed by atoms with Crippen molar-refractivity contribution in [2.75, 3.05) is 36.8 Å². The number of hydrogen-bond acceptors (Lipinski definition) is 10. The summed E-state index contributed by atoms with van der Waals surface area (Å²) in [5, 5.41) is 26.0. The van der Waals surface area contributed by atoms with Crippen molar-refractivity contribution in [3.63, 3.8) is 0 Å². The SMILES string of the molecule is Cc1c(Nc2nc(C(F)F)nc3cc(CN4CC(O)C4)cnc23)cccc1-c1cccc(NC(=O)c2nc3c(n2C)CCN(CCC24CCC(C(=O)O)(CC2)C4)C3)c1Cl. The monoisotopic (exact) mass is 825 g/mol. The van der Waals surface area contributed by atoms with Crippen LogP contribution in [0.5, 0.6) is 0 Å². The number of benzene rings is 2. The minimum atomic E-state index is -2.90. The molecule has 0 atom stereocenters. The number of β-amino-alcohol motifs (C(OH)–C–C–N with tert-alkyl or cyclic N) is 1. The molecule has 59 heavy (non-hydrogen) atoms. The quantitative estimate of drug-likeness (QED) is 0.100. The number of aliphatic hydroxyl groups is 1. The molecule has 0 radical (unpaired) electrons. The van der Waals surface area contributed by atoms with Crippen molar-refractivity contribution >= 4 is 51.7 Å². The molecule has 16 heteroatoms. The number of aliphatic hydroxyl groups excluding tert-OH is 1. The molecule has 4 aliphatic rings. The summed E-state index contributed by atoms with van der Waals surface area (Å²) in [5.74, 6) is -1.21. The molecule has 2 aromatic carbocycles. The van der Waals surface area contributed by atoms with Crippen LogP contribution in [0.4, 0.5) is 26.0 Å². The minimum absolute atomic E-state index is 0.118. The number of aliphatic carboxylic acids is 1. The van der Waals surface area contributed by atoms with Gasteiger partial charge in [0.15, 0.2) is 17.5 Å². The molecule has 0 spiro atoms. The van der Waals surface area contributed by atoms with E-state index in [0.29, 0.717) is 53.7 Å². The van der Waals surface area contributed by atoms with Crippen molar-refractivity contribution in [2.24, 2.45) is 17.9 Å². The van der Waals surface area contributed by atoms with Crippen LogP contribution in [-0.4, -0.2) is 88.7 Å². The molecule has 5 aromatic rings. The van der Waals surface area contributed by atoms with Crippen LogP contribution in [0.1, 0.15) is 83.9 Å². The van der Waals surface area contributed by atoms with Crippen molar-refractivity contribution in [3.8, 4) is 11.1 Å². The zero-order valence-corrected chi connectivity index (χ0v) is 33.7. The number of carboxylic acid groups (broad SMARTS) is 1. The number of carboxylic acids is 1. The second-order valence-electron chi connectivity index (χ2n) is 16.9. The van der Waals surface area contributed by atoms with E-state index in [2.05, 4.69) is 30.5 Å². The number of carbonyl (C=O) groups is 2. The van der Waals surface area contributed by atoms with E-state index in [4.69, 9.17) is 16.6 Å². The van der Waals surface area contributed by atoms with Gasteiger partial charge in [-0.2, -0.15) is 0 Å². The summed E-state index contributed by atoms with van der Waals surface area (Å²) in [5.41, 5.74) is 6.09. The number of fused-ring (bicyclic) bond motifs is 4. The number of nitrogens with zero attached hydrogens (tertiary/aromatic N) is 7. The lowest BCUT2D eigenvalue weighted by Crippen LogP contribution is -2.49. The maximum Gasteiger partial charge on any atom is 0.309 e. The van der Waals surface area contributed by atoms with Crippen LogP contribution in [0.15, 0.2) is 48.7 Å². The smallest absolute Gasteiger partial charge is 0.309 e. The largest absolute Gasteiger partial charge is 0.481 e. The first kappa shape index (κ1) is 39.4. The molecule has 2 aliphatic heterocycles. The Balaban J connectivity index is 0.907. The number of amides is 1. The Morgan fingerprint density at radius 3 is 2.47 bits per heavy atom. The van der Waals surface area contributed by atoms with Gasteiger partial charge in [0.1, 0.15) is 5.52 Å². The highest BCUT2D eigenvalue weighted by Crippen LogP contribution is 2.63. The summed E-state index contributed by atoms with van der Waals surface area (Å²) >= 11 is 7.03. The molecule has 2 aliphatic carbocycles. The highest BCUT2D eigenvalue weighted by Gasteiger charge is 2.57. The van der Waals surface area contributed by atoms with E-state index in [1.54, 1.807) is 18.3 Å². The minimum Gasteiger partial charge on any atom is -0.481 e. The van der Waals surface area contributed by atoms with Gasteiger partial charge in [0.25, 0.3) is 12.3 Å². The summed E-state index contributed by atoms with van der Waals surface area (Å²) in [6.07, 6.45) is 4.45. The molecule has 3 aromatic heterocycles. The Labute approximate surface area is 344 Å². The maximum absolute atomic E-state index is 14.0. The lowest BCUT2D eigenvalue weighted by molar-refractivity contribution is -0.148. The first-order chi connectivity index (χ1) is 28.3. The molecule has 308 valence electrons. The van der Waals surface area contributed by atoms with E-state index in [0.717, 1.165) is 86.1 Å². The molecule has 2 saturated carbocycles. The lowest BCUT2D eigenvalue weighted by atomic mass is 9.80. The Hall–Kier alpha value is -5.09. The summed E-state index contributed by atoms with van der Waals surface area (Å²) < 4.78 is 29.9. The average Bonchev–Trinajstić information content (AvgIpc) is 3.89. The fourth-order valence-corrected chi connectivity index (χ4v) is 10.1. The lowest BCUT2D eigenvalue weighted by Gasteiger charge is -2.35. The highest BCUT2D eigenvalue weighted by molar-refractivity contribution is 6.36. The Morgan fingerprint density at radius 1 is 1.02 bits per heavy atom. The van der Waals surface area contributed by atoms with E-state index in [1.165, 1.54) is 0 Å². The van der Waals surface area contributed by atoms with Gasteiger partial charge in [0, 0.05) is 69.3 Å². The number of halogens is 3. The summed E-state index contributed by atoms with van der Waals surface area (Å²) in [4.78, 5) is 47.8. The standard InChI is InChI=1S/C43H46ClF2N9O4/c1-24-27(5-3-7-29(24)48-37-35-31(49-38(52-37)36(45)46)17-25(18-47-35)19-55-20-26(56)21-55)28-6-4-8-30(34(28)44)51-40(57)39-50-32-22-54(15-9-33(32)53(39)2)16-14-42-10-12-43(23-42,13-11-42)41(58)59/h3-8,17-18,26,36,56H,9-16,19-23H2,1-2H3,(H,51,57)(H,58,59)(H,48,49,52). The second kappa shape index (κ2) is 15.2. The van der Waals surface area contributed by atoms with Gasteiger partial charge < -0.3 is 25.4 Å². The van der Waals surface area contributed by atoms with Crippen molar-refractivity contribution in [2.45, 2.75) is 77.5 Å². The van der Waals surface area contributed by atoms with Crippen LogP contribution in [-0.2, 0) is 31.4 Å². The van der Waals surface area contributed by atoms with Crippen LogP contribution < -0.4 is 10.6 Å². The molecule has 3 fully saturated rings. The average molecular weight is 826 g/mol. The van der Waals surface area contributed by atoms with Crippen molar-refractivity contribution in [3.05, 3.63) is 87.8 Å². The predicted octanol–water partition coefficient (Wildman–Crippen LogP) is 7.28. The zero-order valence-electron chi connectivity index (χ0n) is 32.9. The van der Waals surface area contributed by atoms with Gasteiger partial charge in [0.2, 0.25) is 0 Å². The van der Waals surface area contributed by atoms with Gasteiger partial charge in [-0.1, -0.05) is 35.9 Å². The number of nitrogens with one attached hydrogen (secondary N) is 2. The topological polar surface area (TPSA) is 162 Å². The Morgan fingerprint density at radius 2 is 1.76 bits per heavy atom. The number of anilines is 3. The first-order valence-corrected chi connectivity index (χ1v) is 20.5. The van der Waals surface area contributed by atoms with Gasteiger partial charge in [-0.25, -0.2) is 23.7 Å². The molecule has 4 N–H and O–H groups in total. The highest BCUT2D eigenvalue weighted by atomic mass is 35.5. The molecule has 0 unspecified atom stereocenters. The van der Waals surface area contributed by atoms with E-state index in [9.17, 15) is 28.6 Å². The number of alkyl halides is 2. The maximum atomic E-state index is 14.0. The number of aromatic nitrogens is 5. The van der Waals surface area contributed by atoms with Crippen molar-refractivity contribution in [1.82, 2.24) is 34.3 Å². The molecular formula is C43H46ClF2N9O4. The second-order valence-corrected chi connectivity index (χ2v) is 17.3. The van der Waals surface area contributed by atoms with Crippen LogP contribution >= 0.6 is 11.6 Å². The van der Waals surface area contributed by atoms with Gasteiger partial charge in [-0.05, 0) is 92.3 Å². The number of likely N-dealkylation sites (tertiary alicyclic amines) is 1. The summed E-state index contributed by atoms with van der Waals surface area (Å²) in [6.45, 7) is 5.84. The number of pyridine rings is 1. The van der Waals surface area contributed by atoms with E-state index >= 15 is 0 Å². The van der Waals surface area contributed by atoms with Gasteiger partial charge in [-0.3, -0.25) is 24.4 Å². The molecule has 13 nitrogen and oxygen atoms in total. The Bertz CT molecular complexity index is 2480. The first-order valence-electron chi connectivity index (χ1n) is 20.1. The summed E-state index contributed by atoms with van der Waals surface area (Å²) in [7, 11) is 1.86. The number of rotatable bonds is 12. The molecule has 5 heterocycles. The van der Waals surface area contributed by atoms with E-state index in [-0.39, 0.29) is 34.6 Å². The molecule has 9 rings (SSSR count).